The highest BCUT2D eigenvalue weighted by Crippen LogP contribution is 2.31. The van der Waals surface area contributed by atoms with E-state index in [1.807, 2.05) is 60.7 Å². The smallest absolute Gasteiger partial charge is 0.326 e. The summed E-state index contributed by atoms with van der Waals surface area (Å²) in [4.78, 5) is 38.2. The summed E-state index contributed by atoms with van der Waals surface area (Å²) < 4.78 is 0. The van der Waals surface area contributed by atoms with Gasteiger partial charge in [-0.1, -0.05) is 60.7 Å². The molecular weight excluding hydrogens is 504 g/mol. The van der Waals surface area contributed by atoms with Gasteiger partial charge in [0.05, 0.1) is 22.4 Å². The number of aliphatic carboxylic acids is 1. The van der Waals surface area contributed by atoms with Crippen molar-refractivity contribution < 1.29 is 19.8 Å². The van der Waals surface area contributed by atoms with Gasteiger partial charge in [0.1, 0.15) is 11.8 Å². The molecule has 196 valence electrons. The van der Waals surface area contributed by atoms with Gasteiger partial charge in [-0.3, -0.25) is 4.79 Å². The van der Waals surface area contributed by atoms with E-state index >= 15 is 0 Å². The number of aromatic amines is 1. The lowest BCUT2D eigenvalue weighted by molar-refractivity contribution is -0.139. The summed E-state index contributed by atoms with van der Waals surface area (Å²) in [7, 11) is 0. The summed E-state index contributed by atoms with van der Waals surface area (Å²) in [6.07, 6.45) is 1.73. The van der Waals surface area contributed by atoms with E-state index in [0.29, 0.717) is 27.7 Å². The lowest BCUT2D eigenvalue weighted by Gasteiger charge is -2.15. The fraction of sp³-hybridized carbons (Fsp3) is 0.0625. The molecule has 6 rings (SSSR count). The molecule has 4 N–H and O–H groups in total. The normalized spacial score (nSPS) is 11.9. The predicted octanol–water partition coefficient (Wildman–Crippen LogP) is 5.58. The third kappa shape index (κ3) is 4.86. The summed E-state index contributed by atoms with van der Waals surface area (Å²) >= 11 is 0. The number of carboxylic acid groups (broad SMARTS) is 1. The van der Waals surface area contributed by atoms with E-state index in [-0.39, 0.29) is 17.7 Å². The molecule has 0 bridgehead atoms. The van der Waals surface area contributed by atoms with Crippen molar-refractivity contribution >= 4 is 33.8 Å². The number of H-pyrrole nitrogens is 1. The van der Waals surface area contributed by atoms with Gasteiger partial charge in [-0.15, -0.1) is 0 Å². The Hall–Kier alpha value is -5.50. The lowest BCUT2D eigenvalue weighted by atomic mass is 10.0. The summed E-state index contributed by atoms with van der Waals surface area (Å²) in [5.74, 6) is -1.62. The Morgan fingerprint density at radius 2 is 1.45 bits per heavy atom. The maximum Gasteiger partial charge on any atom is 0.326 e. The first-order valence-corrected chi connectivity index (χ1v) is 12.7. The molecule has 8 heteroatoms. The van der Waals surface area contributed by atoms with Gasteiger partial charge in [0.2, 0.25) is 0 Å². The maximum absolute atomic E-state index is 13.2. The van der Waals surface area contributed by atoms with E-state index in [1.165, 1.54) is 0 Å². The number of hydrogen-bond acceptors (Lipinski definition) is 5. The molecule has 0 unspecified atom stereocenters. The average Bonchev–Trinajstić information content (AvgIpc) is 3.38. The second-order valence-corrected chi connectivity index (χ2v) is 9.47. The number of carboxylic acids is 1. The number of fused-ring (bicyclic) bond motifs is 2. The average molecular weight is 529 g/mol. The number of nitrogens with zero attached hydrogens (tertiary/aromatic N) is 2. The molecule has 0 saturated heterocycles. The van der Waals surface area contributed by atoms with E-state index < -0.39 is 17.9 Å². The van der Waals surface area contributed by atoms with Crippen LogP contribution in [0.4, 0.5) is 0 Å². The number of nitrogens with one attached hydrogen (secondary N) is 2. The minimum absolute atomic E-state index is 0.0382. The van der Waals surface area contributed by atoms with Crippen LogP contribution in [0.3, 0.4) is 0 Å². The number of hydrogen-bond donors (Lipinski definition) is 4. The van der Waals surface area contributed by atoms with Crippen LogP contribution in [0.2, 0.25) is 0 Å². The van der Waals surface area contributed by atoms with Crippen molar-refractivity contribution in [3.05, 3.63) is 114 Å². The van der Waals surface area contributed by atoms with Gasteiger partial charge in [-0.05, 0) is 42.0 Å². The number of rotatable bonds is 7. The number of aromatic hydroxyl groups is 1. The van der Waals surface area contributed by atoms with Crippen LogP contribution in [0.15, 0.2) is 103 Å². The molecule has 0 spiro atoms. The molecule has 40 heavy (non-hydrogen) atoms. The van der Waals surface area contributed by atoms with Crippen molar-refractivity contribution in [3.8, 4) is 28.3 Å². The van der Waals surface area contributed by atoms with Crippen LogP contribution >= 0.6 is 0 Å². The minimum atomic E-state index is -1.18. The second-order valence-electron chi connectivity index (χ2n) is 9.47. The van der Waals surface area contributed by atoms with Crippen molar-refractivity contribution in [2.45, 2.75) is 12.5 Å². The summed E-state index contributed by atoms with van der Waals surface area (Å²) in [6.45, 7) is 0. The fourth-order valence-corrected chi connectivity index (χ4v) is 4.79. The molecular formula is C32H24N4O4. The summed E-state index contributed by atoms with van der Waals surface area (Å²) in [6, 6.07) is 28.1. The Balaban J connectivity index is 1.33. The van der Waals surface area contributed by atoms with Gasteiger partial charge >= 0.3 is 5.97 Å². The molecule has 0 aliphatic rings. The Labute approximate surface area is 229 Å². The standard InChI is InChI=1S/C32H24N4O4/c37-23-12-14-25-24(17-23)22(18-33-25)16-28(32(39)40)36-31(38)21-11-13-26-27(15-21)35-30(20-9-5-2-6-10-20)29(34-26)19-7-3-1-4-8-19/h1-15,17-18,28,33,37H,16H2,(H,36,38)(H,39,40)/t28-/m0/s1. The Kier molecular flexibility index (Phi) is 6.41. The molecule has 1 amide bonds. The minimum Gasteiger partial charge on any atom is -0.508 e. The molecule has 8 nitrogen and oxygen atoms in total. The number of phenolic OH excluding ortho intramolecular Hbond substituents is 1. The van der Waals surface area contributed by atoms with E-state index in [2.05, 4.69) is 10.3 Å². The Morgan fingerprint density at radius 1 is 0.800 bits per heavy atom. The summed E-state index contributed by atoms with van der Waals surface area (Å²) in [5.41, 5.74) is 6.07. The number of benzene rings is 4. The number of carbonyl (C=O) groups is 2. The SMILES string of the molecule is O=C(N[C@@H](Cc1c[nH]c2ccc(O)cc12)C(=O)O)c1ccc2nc(-c3ccccc3)c(-c3ccccc3)nc2c1. The number of phenols is 1. The molecule has 2 heterocycles. The second kappa shape index (κ2) is 10.3. The number of aromatic nitrogens is 3. The van der Waals surface area contributed by atoms with Gasteiger partial charge < -0.3 is 20.5 Å². The van der Waals surface area contributed by atoms with Crippen LogP contribution in [-0.2, 0) is 11.2 Å². The van der Waals surface area contributed by atoms with Crippen molar-refractivity contribution in [3.63, 3.8) is 0 Å². The Morgan fingerprint density at radius 3 is 2.10 bits per heavy atom. The highest BCUT2D eigenvalue weighted by molar-refractivity contribution is 6.00. The Bertz CT molecular complexity index is 1870. The van der Waals surface area contributed by atoms with Crippen molar-refractivity contribution in [2.75, 3.05) is 0 Å². The van der Waals surface area contributed by atoms with Gasteiger partial charge in [0.15, 0.2) is 0 Å². The molecule has 4 aromatic carbocycles. The van der Waals surface area contributed by atoms with E-state index in [0.717, 1.165) is 22.3 Å². The third-order valence-corrected chi connectivity index (χ3v) is 6.80. The highest BCUT2D eigenvalue weighted by atomic mass is 16.4. The van der Waals surface area contributed by atoms with Gasteiger partial charge in [-0.2, -0.15) is 0 Å². The lowest BCUT2D eigenvalue weighted by Crippen LogP contribution is -2.42. The third-order valence-electron chi connectivity index (χ3n) is 6.80. The van der Waals surface area contributed by atoms with E-state index in [4.69, 9.17) is 9.97 Å². The first kappa shape index (κ1) is 24.8. The zero-order chi connectivity index (χ0) is 27.6. The number of carbonyl (C=O) groups excluding carboxylic acids is 1. The topological polar surface area (TPSA) is 128 Å². The first-order valence-electron chi connectivity index (χ1n) is 12.7. The monoisotopic (exact) mass is 528 g/mol. The van der Waals surface area contributed by atoms with Crippen LogP contribution in [0.5, 0.6) is 5.75 Å². The quantitative estimate of drug-likeness (QED) is 0.214. The van der Waals surface area contributed by atoms with Gasteiger partial charge in [0.25, 0.3) is 5.91 Å². The van der Waals surface area contributed by atoms with E-state index in [9.17, 15) is 19.8 Å². The van der Waals surface area contributed by atoms with Crippen LogP contribution in [0.25, 0.3) is 44.5 Å². The zero-order valence-electron chi connectivity index (χ0n) is 21.2. The highest BCUT2D eigenvalue weighted by Gasteiger charge is 2.23. The molecule has 0 fully saturated rings. The molecule has 0 saturated carbocycles. The maximum atomic E-state index is 13.2. The molecule has 6 aromatic rings. The molecule has 2 aromatic heterocycles. The molecule has 0 aliphatic heterocycles. The van der Waals surface area contributed by atoms with Crippen molar-refractivity contribution in [2.24, 2.45) is 0 Å². The van der Waals surface area contributed by atoms with Gasteiger partial charge in [-0.25, -0.2) is 14.8 Å². The van der Waals surface area contributed by atoms with Crippen LogP contribution in [0, 0.1) is 0 Å². The summed E-state index contributed by atoms with van der Waals surface area (Å²) in [5, 5.41) is 23.1. The van der Waals surface area contributed by atoms with Crippen LogP contribution in [0.1, 0.15) is 15.9 Å². The fourth-order valence-electron chi connectivity index (χ4n) is 4.79. The van der Waals surface area contributed by atoms with Crippen molar-refractivity contribution in [1.82, 2.24) is 20.3 Å². The molecule has 0 aliphatic carbocycles. The van der Waals surface area contributed by atoms with Gasteiger partial charge in [0, 0.05) is 40.2 Å². The molecule has 0 radical (unpaired) electrons. The van der Waals surface area contributed by atoms with Crippen LogP contribution < -0.4 is 5.32 Å². The van der Waals surface area contributed by atoms with Crippen LogP contribution in [-0.4, -0.2) is 43.1 Å². The predicted molar refractivity (Wildman–Crippen MR) is 153 cm³/mol. The molecule has 1 atom stereocenters. The van der Waals surface area contributed by atoms with E-state index in [1.54, 1.807) is 42.6 Å². The number of amides is 1. The largest absolute Gasteiger partial charge is 0.508 e. The zero-order valence-corrected chi connectivity index (χ0v) is 21.2. The van der Waals surface area contributed by atoms with Crippen molar-refractivity contribution in [1.29, 1.82) is 0 Å². The first-order chi connectivity index (χ1) is 19.5.